The zero-order chi connectivity index (χ0) is 22.1. The number of hydrogen-bond acceptors (Lipinski definition) is 6. The molecule has 1 fully saturated rings. The second-order valence-corrected chi connectivity index (χ2v) is 8.48. The number of hydrogen-bond donors (Lipinski definition) is 3. The molecule has 1 aromatic heterocycles. The molecule has 1 saturated heterocycles. The highest BCUT2D eigenvalue weighted by Gasteiger charge is 2.44. The largest absolute Gasteiger partial charge is 0.450 e. The standard InChI is InChI=1S/C20H21ClN4O4S/c1-4-29-19(28)24-16(12-10-25(18(21)27)20(2,3)15(12)22)23-17(26)14-9-11-7-5-6-8-13(11)30-14/h5-9,22H,4,10H2,1-3H3,(H,23,26)(H,24,28)/b16-12-,22-15?. The molecule has 2 heterocycles. The van der Waals surface area contributed by atoms with Gasteiger partial charge in [-0.2, -0.15) is 0 Å². The van der Waals surface area contributed by atoms with Crippen molar-refractivity contribution < 1.29 is 19.1 Å². The van der Waals surface area contributed by atoms with Gasteiger partial charge in [0.1, 0.15) is 5.82 Å². The van der Waals surface area contributed by atoms with Crippen LogP contribution in [-0.2, 0) is 4.74 Å². The quantitative estimate of drug-likeness (QED) is 0.483. The number of likely N-dealkylation sites (tertiary alicyclic amines) is 1. The summed E-state index contributed by atoms with van der Waals surface area (Å²) in [6.07, 6.45) is -0.780. The Kier molecular flexibility index (Phi) is 6.14. The SMILES string of the molecule is CCOC(=O)N/C(NC(=O)c1cc2ccccc2s1)=C1/CN(C(=O)Cl)C(C)(C)C1=N. The molecule has 30 heavy (non-hydrogen) atoms. The van der Waals surface area contributed by atoms with Gasteiger partial charge in [-0.1, -0.05) is 18.2 Å². The molecule has 8 nitrogen and oxygen atoms in total. The number of alkyl carbamates (subject to hydrolysis) is 1. The van der Waals surface area contributed by atoms with E-state index in [2.05, 4.69) is 10.6 Å². The van der Waals surface area contributed by atoms with E-state index >= 15 is 0 Å². The van der Waals surface area contributed by atoms with Crippen molar-refractivity contribution in [3.8, 4) is 0 Å². The minimum atomic E-state index is -1.00. The van der Waals surface area contributed by atoms with Gasteiger partial charge in [-0.25, -0.2) is 4.79 Å². The zero-order valence-corrected chi connectivity index (χ0v) is 18.2. The van der Waals surface area contributed by atoms with Crippen LogP contribution < -0.4 is 10.6 Å². The Morgan fingerprint density at radius 1 is 1.27 bits per heavy atom. The number of benzene rings is 1. The molecule has 0 spiro atoms. The van der Waals surface area contributed by atoms with Gasteiger partial charge in [0.05, 0.1) is 29.3 Å². The average Bonchev–Trinajstić information content (AvgIpc) is 3.21. The van der Waals surface area contributed by atoms with Crippen LogP contribution in [0.2, 0.25) is 0 Å². The van der Waals surface area contributed by atoms with Crippen molar-refractivity contribution >= 4 is 56.1 Å². The van der Waals surface area contributed by atoms with Crippen LogP contribution in [0.15, 0.2) is 41.7 Å². The lowest BCUT2D eigenvalue weighted by atomic mass is 9.97. The summed E-state index contributed by atoms with van der Waals surface area (Å²) in [6.45, 7) is 5.07. The summed E-state index contributed by atoms with van der Waals surface area (Å²) in [6, 6.07) is 9.33. The van der Waals surface area contributed by atoms with E-state index in [1.165, 1.54) is 16.2 Å². The van der Waals surface area contributed by atoms with Gasteiger partial charge in [-0.05, 0) is 49.9 Å². The maximum Gasteiger partial charge on any atom is 0.412 e. The van der Waals surface area contributed by atoms with Crippen molar-refractivity contribution in [2.75, 3.05) is 13.2 Å². The highest BCUT2D eigenvalue weighted by Crippen LogP contribution is 2.31. The average molecular weight is 449 g/mol. The molecule has 0 atom stereocenters. The number of rotatable bonds is 4. The molecule has 3 rings (SSSR count). The van der Waals surface area contributed by atoms with Gasteiger partial charge < -0.3 is 20.4 Å². The number of nitrogens with one attached hydrogen (secondary N) is 3. The Hall–Kier alpha value is -2.91. The maximum absolute atomic E-state index is 12.9. The van der Waals surface area contributed by atoms with E-state index in [0.29, 0.717) is 4.88 Å². The van der Waals surface area contributed by atoms with Crippen LogP contribution in [-0.4, -0.2) is 46.7 Å². The number of carbonyl (C=O) groups excluding carboxylic acids is 3. The fourth-order valence-corrected chi connectivity index (χ4v) is 4.37. The van der Waals surface area contributed by atoms with E-state index in [9.17, 15) is 14.4 Å². The summed E-state index contributed by atoms with van der Waals surface area (Å²) < 4.78 is 5.87. The Morgan fingerprint density at radius 3 is 2.57 bits per heavy atom. The van der Waals surface area contributed by atoms with Crippen LogP contribution in [0.25, 0.3) is 10.1 Å². The van der Waals surface area contributed by atoms with Gasteiger partial charge in [0, 0.05) is 10.3 Å². The van der Waals surface area contributed by atoms with E-state index in [0.717, 1.165) is 10.1 Å². The normalized spacial score (nSPS) is 17.1. The summed E-state index contributed by atoms with van der Waals surface area (Å²) in [5.74, 6) is -0.453. The molecule has 0 aliphatic carbocycles. The molecule has 158 valence electrons. The van der Waals surface area contributed by atoms with E-state index in [4.69, 9.17) is 21.7 Å². The van der Waals surface area contributed by atoms with Crippen molar-refractivity contribution in [2.24, 2.45) is 0 Å². The highest BCUT2D eigenvalue weighted by molar-refractivity contribution is 7.20. The predicted octanol–water partition coefficient (Wildman–Crippen LogP) is 4.06. The number of nitrogens with zero attached hydrogens (tertiary/aromatic N) is 1. The molecular formula is C20H21ClN4O4S. The number of ether oxygens (including phenoxy) is 1. The van der Waals surface area contributed by atoms with Gasteiger partial charge in [-0.3, -0.25) is 14.9 Å². The Morgan fingerprint density at radius 2 is 1.97 bits per heavy atom. The highest BCUT2D eigenvalue weighted by atomic mass is 35.5. The molecule has 0 bridgehead atoms. The second-order valence-electron chi connectivity index (χ2n) is 7.07. The minimum Gasteiger partial charge on any atom is -0.450 e. The monoisotopic (exact) mass is 448 g/mol. The molecule has 3 N–H and O–H groups in total. The van der Waals surface area contributed by atoms with Gasteiger partial charge in [0.25, 0.3) is 5.91 Å². The first-order valence-corrected chi connectivity index (χ1v) is 10.4. The lowest BCUT2D eigenvalue weighted by Gasteiger charge is -2.28. The van der Waals surface area contributed by atoms with Crippen molar-refractivity contribution in [3.05, 3.63) is 46.6 Å². The molecule has 1 aliphatic rings. The Balaban J connectivity index is 1.97. The van der Waals surface area contributed by atoms with Gasteiger partial charge >= 0.3 is 11.5 Å². The van der Waals surface area contributed by atoms with E-state index in [-0.39, 0.29) is 30.3 Å². The van der Waals surface area contributed by atoms with Crippen LogP contribution in [0.4, 0.5) is 9.59 Å². The van der Waals surface area contributed by atoms with Crippen LogP contribution in [0.3, 0.4) is 0 Å². The summed E-state index contributed by atoms with van der Waals surface area (Å²) in [4.78, 5) is 38.5. The van der Waals surface area contributed by atoms with Crippen LogP contribution in [0, 0.1) is 5.41 Å². The van der Waals surface area contributed by atoms with E-state index in [1.54, 1.807) is 26.8 Å². The third kappa shape index (κ3) is 4.17. The molecule has 10 heteroatoms. The topological polar surface area (TPSA) is 112 Å². The molecule has 3 amide bonds. The van der Waals surface area contributed by atoms with E-state index < -0.39 is 22.9 Å². The fourth-order valence-electron chi connectivity index (χ4n) is 3.15. The summed E-state index contributed by atoms with van der Waals surface area (Å²) >= 11 is 6.98. The first-order chi connectivity index (χ1) is 14.1. The smallest absolute Gasteiger partial charge is 0.412 e. The molecular weight excluding hydrogens is 428 g/mol. The number of thiophene rings is 1. The fraction of sp³-hybridized carbons (Fsp3) is 0.300. The summed E-state index contributed by atoms with van der Waals surface area (Å²) in [5, 5.41) is 13.9. The molecule has 0 unspecified atom stereocenters. The third-order valence-corrected chi connectivity index (χ3v) is 6.13. The molecule has 0 radical (unpaired) electrons. The van der Waals surface area contributed by atoms with E-state index in [1.807, 2.05) is 24.3 Å². The number of carbonyl (C=O) groups is 3. The molecule has 2 aromatic rings. The molecule has 1 aromatic carbocycles. The van der Waals surface area contributed by atoms with Crippen molar-refractivity contribution in [1.82, 2.24) is 15.5 Å². The number of amides is 3. The summed E-state index contributed by atoms with van der Waals surface area (Å²) in [5.41, 5.74) is -0.672. The van der Waals surface area contributed by atoms with Crippen LogP contribution >= 0.6 is 22.9 Å². The van der Waals surface area contributed by atoms with Crippen LogP contribution in [0.1, 0.15) is 30.4 Å². The minimum absolute atomic E-state index is 0.00519. The third-order valence-electron chi connectivity index (χ3n) is 4.81. The van der Waals surface area contributed by atoms with Crippen molar-refractivity contribution in [1.29, 1.82) is 5.41 Å². The number of halogens is 1. The zero-order valence-electron chi connectivity index (χ0n) is 16.7. The number of fused-ring (bicyclic) bond motifs is 1. The van der Waals surface area contributed by atoms with Crippen molar-refractivity contribution in [2.45, 2.75) is 26.3 Å². The first kappa shape index (κ1) is 21.8. The Bertz CT molecular complexity index is 1040. The first-order valence-electron chi connectivity index (χ1n) is 9.18. The van der Waals surface area contributed by atoms with Crippen LogP contribution in [0.5, 0.6) is 0 Å². The predicted molar refractivity (Wildman–Crippen MR) is 116 cm³/mol. The lowest BCUT2D eigenvalue weighted by molar-refractivity contribution is 0.0966. The lowest BCUT2D eigenvalue weighted by Crippen LogP contribution is -2.44. The molecule has 0 saturated carbocycles. The maximum atomic E-state index is 12.9. The van der Waals surface area contributed by atoms with Gasteiger partial charge in [0.15, 0.2) is 0 Å². The second kappa shape index (κ2) is 8.45. The summed E-state index contributed by atoms with van der Waals surface area (Å²) in [7, 11) is 0. The Labute approximate surface area is 182 Å². The van der Waals surface area contributed by atoms with Crippen molar-refractivity contribution in [3.63, 3.8) is 0 Å². The van der Waals surface area contributed by atoms with Gasteiger partial charge in [-0.15, -0.1) is 11.3 Å². The van der Waals surface area contributed by atoms with Gasteiger partial charge in [0.2, 0.25) is 0 Å². The molecule has 1 aliphatic heterocycles.